The highest BCUT2D eigenvalue weighted by Crippen LogP contribution is 2.23. The molecule has 0 fully saturated rings. The van der Waals surface area contributed by atoms with Gasteiger partial charge in [0, 0.05) is 28.9 Å². The van der Waals surface area contributed by atoms with Crippen molar-refractivity contribution in [2.45, 2.75) is 13.8 Å². The number of rotatable bonds is 5. The SMILES string of the molecule is Cc1cc(C=Nc2cccc(F)c2)c(C)n1-c1cc(C(=O)O)cc(C(=O)O)c1. The number of halogens is 1. The van der Waals surface area contributed by atoms with Crippen LogP contribution in [0.3, 0.4) is 0 Å². The Morgan fingerprint density at radius 1 is 1.00 bits per heavy atom. The monoisotopic (exact) mass is 380 g/mol. The van der Waals surface area contributed by atoms with E-state index in [0.29, 0.717) is 11.4 Å². The van der Waals surface area contributed by atoms with Crippen molar-refractivity contribution in [3.63, 3.8) is 0 Å². The predicted octanol–water partition coefficient (Wildman–Crippen LogP) is 4.38. The smallest absolute Gasteiger partial charge is 0.335 e. The zero-order chi connectivity index (χ0) is 20.4. The van der Waals surface area contributed by atoms with E-state index in [0.717, 1.165) is 23.0 Å². The lowest BCUT2D eigenvalue weighted by molar-refractivity contribution is 0.0696. The molecule has 0 aliphatic carbocycles. The van der Waals surface area contributed by atoms with Crippen LogP contribution in [0.1, 0.15) is 37.7 Å². The summed E-state index contributed by atoms with van der Waals surface area (Å²) in [5, 5.41) is 18.6. The van der Waals surface area contributed by atoms with E-state index >= 15 is 0 Å². The zero-order valence-electron chi connectivity index (χ0n) is 15.2. The summed E-state index contributed by atoms with van der Waals surface area (Å²) in [7, 11) is 0. The van der Waals surface area contributed by atoms with Crippen molar-refractivity contribution in [1.82, 2.24) is 4.57 Å². The van der Waals surface area contributed by atoms with E-state index in [1.165, 1.54) is 24.3 Å². The van der Waals surface area contributed by atoms with Gasteiger partial charge in [-0.15, -0.1) is 0 Å². The number of hydrogen-bond acceptors (Lipinski definition) is 3. The molecule has 142 valence electrons. The third-order valence-corrected chi connectivity index (χ3v) is 4.30. The van der Waals surface area contributed by atoms with Crippen LogP contribution in [-0.2, 0) is 0 Å². The van der Waals surface area contributed by atoms with Gasteiger partial charge in [-0.1, -0.05) is 6.07 Å². The molecule has 0 saturated carbocycles. The quantitative estimate of drug-likeness (QED) is 0.643. The van der Waals surface area contributed by atoms with Crippen LogP contribution < -0.4 is 0 Å². The molecule has 1 heterocycles. The van der Waals surface area contributed by atoms with Gasteiger partial charge in [0.1, 0.15) is 5.82 Å². The van der Waals surface area contributed by atoms with Gasteiger partial charge in [-0.3, -0.25) is 4.99 Å². The highest BCUT2D eigenvalue weighted by molar-refractivity contribution is 5.95. The van der Waals surface area contributed by atoms with Gasteiger partial charge in [0.05, 0.1) is 16.8 Å². The Balaban J connectivity index is 2.07. The Kier molecular flexibility index (Phi) is 5.08. The number of nitrogens with zero attached hydrogens (tertiary/aromatic N) is 2. The number of carboxylic acid groups (broad SMARTS) is 2. The van der Waals surface area contributed by atoms with Crippen molar-refractivity contribution in [2.75, 3.05) is 0 Å². The van der Waals surface area contributed by atoms with Crippen molar-refractivity contribution >= 4 is 23.8 Å². The Labute approximate surface area is 160 Å². The largest absolute Gasteiger partial charge is 0.478 e. The van der Waals surface area contributed by atoms with E-state index in [1.807, 2.05) is 19.9 Å². The molecule has 6 nitrogen and oxygen atoms in total. The number of carboxylic acids is 2. The van der Waals surface area contributed by atoms with Gasteiger partial charge in [0.2, 0.25) is 0 Å². The second-order valence-electron chi connectivity index (χ2n) is 6.28. The average molecular weight is 380 g/mol. The normalized spacial score (nSPS) is 11.1. The lowest BCUT2D eigenvalue weighted by Crippen LogP contribution is -2.07. The molecule has 7 heteroatoms. The number of aliphatic imine (C=N–C) groups is 1. The highest BCUT2D eigenvalue weighted by Gasteiger charge is 2.15. The standard InChI is InChI=1S/C21H17FN2O4/c1-12-6-16(11-23-18-5-3-4-17(22)10-18)13(2)24(12)19-8-14(20(25)26)7-15(9-19)21(27)28/h3-11H,1-2H3,(H,25,26)(H,27,28). The van der Waals surface area contributed by atoms with Crippen LogP contribution in [0.2, 0.25) is 0 Å². The van der Waals surface area contributed by atoms with E-state index in [9.17, 15) is 24.2 Å². The average Bonchev–Trinajstić information content (AvgIpc) is 2.93. The van der Waals surface area contributed by atoms with Crippen LogP contribution in [0, 0.1) is 19.7 Å². The first-order valence-electron chi connectivity index (χ1n) is 8.37. The van der Waals surface area contributed by atoms with E-state index in [4.69, 9.17) is 0 Å². The van der Waals surface area contributed by atoms with Gasteiger partial charge < -0.3 is 14.8 Å². The molecular weight excluding hydrogens is 363 g/mol. The summed E-state index contributed by atoms with van der Waals surface area (Å²) in [6.45, 7) is 3.63. The van der Waals surface area contributed by atoms with E-state index in [1.54, 1.807) is 22.9 Å². The summed E-state index contributed by atoms with van der Waals surface area (Å²) < 4.78 is 15.0. The third-order valence-electron chi connectivity index (χ3n) is 4.30. The lowest BCUT2D eigenvalue weighted by atomic mass is 10.1. The van der Waals surface area contributed by atoms with Gasteiger partial charge in [-0.2, -0.15) is 0 Å². The topological polar surface area (TPSA) is 91.9 Å². The maximum absolute atomic E-state index is 13.3. The van der Waals surface area contributed by atoms with E-state index in [2.05, 4.69) is 4.99 Å². The summed E-state index contributed by atoms with van der Waals surface area (Å²) in [6, 6.07) is 11.7. The Morgan fingerprint density at radius 2 is 1.64 bits per heavy atom. The second kappa shape index (κ2) is 7.48. The van der Waals surface area contributed by atoms with Gasteiger partial charge in [-0.05, 0) is 56.3 Å². The molecule has 0 atom stereocenters. The van der Waals surface area contributed by atoms with Crippen LogP contribution >= 0.6 is 0 Å². The molecule has 0 aliphatic rings. The van der Waals surface area contributed by atoms with Crippen LogP contribution in [0.25, 0.3) is 5.69 Å². The zero-order valence-corrected chi connectivity index (χ0v) is 15.2. The fourth-order valence-electron chi connectivity index (χ4n) is 3.00. The first-order chi connectivity index (χ1) is 13.3. The molecule has 0 radical (unpaired) electrons. The third kappa shape index (κ3) is 3.83. The Morgan fingerprint density at radius 3 is 2.21 bits per heavy atom. The maximum atomic E-state index is 13.3. The number of benzene rings is 2. The number of hydrogen-bond donors (Lipinski definition) is 2. The van der Waals surface area contributed by atoms with Gasteiger partial charge in [0.15, 0.2) is 0 Å². The molecule has 3 rings (SSSR count). The Hall–Kier alpha value is -3.74. The molecule has 2 N–H and O–H groups in total. The first-order valence-corrected chi connectivity index (χ1v) is 8.37. The van der Waals surface area contributed by atoms with E-state index < -0.39 is 11.9 Å². The molecule has 3 aromatic rings. The van der Waals surface area contributed by atoms with Gasteiger partial charge >= 0.3 is 11.9 Å². The molecule has 28 heavy (non-hydrogen) atoms. The summed E-state index contributed by atoms with van der Waals surface area (Å²) in [6.07, 6.45) is 1.59. The highest BCUT2D eigenvalue weighted by atomic mass is 19.1. The first kappa shape index (κ1) is 19.0. The number of carbonyl (C=O) groups is 2. The fourth-order valence-corrected chi connectivity index (χ4v) is 3.00. The second-order valence-corrected chi connectivity index (χ2v) is 6.28. The number of aryl methyl sites for hydroxylation is 1. The summed E-state index contributed by atoms with van der Waals surface area (Å²) in [5.41, 5.74) is 2.94. The van der Waals surface area contributed by atoms with Gasteiger partial charge in [-0.25, -0.2) is 14.0 Å². The maximum Gasteiger partial charge on any atom is 0.335 e. The molecule has 0 bridgehead atoms. The van der Waals surface area contributed by atoms with Crippen LogP contribution in [-0.4, -0.2) is 32.9 Å². The summed E-state index contributed by atoms with van der Waals surface area (Å²) >= 11 is 0. The molecule has 0 saturated heterocycles. The molecule has 0 amide bonds. The summed E-state index contributed by atoms with van der Waals surface area (Å²) in [4.78, 5) is 27.0. The molecule has 2 aromatic carbocycles. The van der Waals surface area contributed by atoms with Crippen LogP contribution in [0.5, 0.6) is 0 Å². The lowest BCUT2D eigenvalue weighted by Gasteiger charge is -2.12. The Bertz CT molecular complexity index is 1080. The van der Waals surface area contributed by atoms with Crippen molar-refractivity contribution in [3.05, 3.63) is 82.4 Å². The summed E-state index contributed by atoms with van der Waals surface area (Å²) in [5.74, 6) is -2.80. The van der Waals surface area contributed by atoms with Gasteiger partial charge in [0.25, 0.3) is 0 Å². The number of aromatic carboxylic acids is 2. The van der Waals surface area contributed by atoms with Crippen molar-refractivity contribution in [3.8, 4) is 5.69 Å². The minimum Gasteiger partial charge on any atom is -0.478 e. The van der Waals surface area contributed by atoms with Crippen molar-refractivity contribution in [1.29, 1.82) is 0 Å². The minimum absolute atomic E-state index is 0.114. The molecular formula is C21H17FN2O4. The molecule has 0 spiro atoms. The molecule has 0 unspecified atom stereocenters. The fraction of sp³-hybridized carbons (Fsp3) is 0.0952. The van der Waals surface area contributed by atoms with Crippen molar-refractivity contribution in [2.24, 2.45) is 4.99 Å². The van der Waals surface area contributed by atoms with Crippen LogP contribution in [0.4, 0.5) is 10.1 Å². The minimum atomic E-state index is -1.21. The number of aromatic nitrogens is 1. The van der Waals surface area contributed by atoms with Crippen molar-refractivity contribution < 1.29 is 24.2 Å². The molecule has 0 aliphatic heterocycles. The van der Waals surface area contributed by atoms with Crippen LogP contribution in [0.15, 0.2) is 53.5 Å². The molecule has 1 aromatic heterocycles. The predicted molar refractivity (Wildman–Crippen MR) is 103 cm³/mol. The van der Waals surface area contributed by atoms with E-state index in [-0.39, 0.29) is 16.9 Å².